The average Bonchev–Trinajstić information content (AvgIpc) is 3.93. The van der Waals surface area contributed by atoms with Crippen molar-refractivity contribution in [2.45, 2.75) is 75.0 Å². The number of hydrogen-bond acceptors (Lipinski definition) is 3. The molecule has 6 aromatic carbocycles. The summed E-state index contributed by atoms with van der Waals surface area (Å²) in [5.41, 5.74) is 20.2. The lowest BCUT2D eigenvalue weighted by Crippen LogP contribution is -2.31. The first-order valence-corrected chi connectivity index (χ1v) is 23.5. The second kappa shape index (κ2) is 14.3. The zero-order valence-corrected chi connectivity index (χ0v) is 36.5. The van der Waals surface area contributed by atoms with Crippen LogP contribution in [0.15, 0.2) is 174 Å². The minimum atomic E-state index is 0.0713. The fraction of sp³-hybridized carbons (Fsp3) is 0.213. The smallest absolute Gasteiger partial charge is 0.160 e. The molecule has 2 aromatic heterocycles. The highest BCUT2D eigenvalue weighted by Crippen LogP contribution is 2.63. The summed E-state index contributed by atoms with van der Waals surface area (Å²) in [4.78, 5) is 10.4. The van der Waals surface area contributed by atoms with Gasteiger partial charge in [-0.25, -0.2) is 9.97 Å². The molecule has 13 rings (SSSR count). The molecule has 3 atom stereocenters. The van der Waals surface area contributed by atoms with Crippen LogP contribution in [-0.4, -0.2) is 9.97 Å². The Hall–Kier alpha value is -6.84. The lowest BCUT2D eigenvalue weighted by Gasteiger charge is -2.39. The van der Waals surface area contributed by atoms with E-state index in [0.29, 0.717) is 11.8 Å². The molecule has 8 aromatic rings. The second-order valence-electron chi connectivity index (χ2n) is 19.5. The molecule has 0 aliphatic heterocycles. The molecule has 1 saturated carbocycles. The highest BCUT2D eigenvalue weighted by Gasteiger charge is 2.52. The van der Waals surface area contributed by atoms with Crippen LogP contribution in [-0.2, 0) is 10.8 Å². The van der Waals surface area contributed by atoms with Crippen LogP contribution in [0.25, 0.3) is 73.6 Å². The molecule has 310 valence electrons. The molecular weight excluding hydrogens is 777 g/mol. The van der Waals surface area contributed by atoms with E-state index in [1.54, 1.807) is 11.1 Å². The Labute approximate surface area is 375 Å². The third kappa shape index (κ3) is 5.79. The van der Waals surface area contributed by atoms with Crippen molar-refractivity contribution in [1.29, 1.82) is 0 Å². The van der Waals surface area contributed by atoms with Gasteiger partial charge < -0.3 is 4.42 Å². The van der Waals surface area contributed by atoms with Gasteiger partial charge in [-0.1, -0.05) is 179 Å². The molecule has 2 heterocycles. The van der Waals surface area contributed by atoms with Crippen LogP contribution < -0.4 is 10.6 Å². The molecule has 3 nitrogen and oxygen atoms in total. The lowest BCUT2D eigenvalue weighted by molar-refractivity contribution is 0.345. The van der Waals surface area contributed by atoms with E-state index in [0.717, 1.165) is 51.1 Å². The number of allylic oxidation sites excluding steroid dienone is 4. The van der Waals surface area contributed by atoms with E-state index in [1.165, 1.54) is 81.8 Å². The normalized spacial score (nSPS) is 20.8. The van der Waals surface area contributed by atoms with Gasteiger partial charge in [-0.3, -0.25) is 0 Å². The fourth-order valence-corrected chi connectivity index (χ4v) is 12.4. The molecule has 0 N–H and O–H groups in total. The predicted octanol–water partition coefficient (Wildman–Crippen LogP) is 13.9. The van der Waals surface area contributed by atoms with Crippen molar-refractivity contribution in [1.82, 2.24) is 9.97 Å². The molecule has 0 amide bonds. The third-order valence-electron chi connectivity index (χ3n) is 15.7. The maximum absolute atomic E-state index is 6.33. The van der Waals surface area contributed by atoms with E-state index in [9.17, 15) is 0 Å². The minimum absolute atomic E-state index is 0.0713. The van der Waals surface area contributed by atoms with Gasteiger partial charge in [0, 0.05) is 39.0 Å². The second-order valence-corrected chi connectivity index (χ2v) is 19.5. The molecule has 3 unspecified atom stereocenters. The van der Waals surface area contributed by atoms with E-state index < -0.39 is 0 Å². The topological polar surface area (TPSA) is 38.9 Å². The first kappa shape index (κ1) is 37.7. The predicted molar refractivity (Wildman–Crippen MR) is 262 cm³/mol. The molecule has 0 saturated heterocycles. The van der Waals surface area contributed by atoms with Crippen molar-refractivity contribution in [2.24, 2.45) is 5.92 Å². The molecule has 5 aliphatic rings. The van der Waals surface area contributed by atoms with Gasteiger partial charge in [0.25, 0.3) is 0 Å². The van der Waals surface area contributed by atoms with Gasteiger partial charge in [0.05, 0.1) is 11.4 Å². The maximum Gasteiger partial charge on any atom is 0.160 e. The zero-order chi connectivity index (χ0) is 42.6. The molecule has 0 radical (unpaired) electrons. The first-order chi connectivity index (χ1) is 31.4. The van der Waals surface area contributed by atoms with Crippen LogP contribution in [0.2, 0.25) is 0 Å². The number of hydrogen-bond donors (Lipinski definition) is 0. The summed E-state index contributed by atoms with van der Waals surface area (Å²) < 4.78 is 6.33. The van der Waals surface area contributed by atoms with E-state index in [-0.39, 0.29) is 16.7 Å². The summed E-state index contributed by atoms with van der Waals surface area (Å²) in [7, 11) is 0. The van der Waals surface area contributed by atoms with Crippen molar-refractivity contribution in [3.05, 3.63) is 208 Å². The molecular formula is C61H50N2O. The molecule has 1 spiro atoms. The summed E-state index contributed by atoms with van der Waals surface area (Å²) >= 11 is 0. The molecule has 64 heavy (non-hydrogen) atoms. The van der Waals surface area contributed by atoms with Gasteiger partial charge in [-0.2, -0.15) is 0 Å². The van der Waals surface area contributed by atoms with Gasteiger partial charge in [-0.15, -0.1) is 0 Å². The Balaban J connectivity index is 0.836. The number of nitrogens with zero attached hydrogens (tertiary/aromatic N) is 2. The summed E-state index contributed by atoms with van der Waals surface area (Å²) in [6.07, 6.45) is 17.2. The van der Waals surface area contributed by atoms with E-state index in [2.05, 4.69) is 172 Å². The molecule has 1 fully saturated rings. The Bertz CT molecular complexity index is 3380. The lowest BCUT2D eigenvalue weighted by atomic mass is 9.64. The Morgan fingerprint density at radius 2 is 1.30 bits per heavy atom. The first-order valence-electron chi connectivity index (χ1n) is 23.5. The molecule has 3 heteroatoms. The van der Waals surface area contributed by atoms with Crippen LogP contribution in [0.4, 0.5) is 0 Å². The number of rotatable bonds is 5. The Morgan fingerprint density at radius 3 is 2.14 bits per heavy atom. The van der Waals surface area contributed by atoms with Crippen molar-refractivity contribution >= 4 is 28.7 Å². The van der Waals surface area contributed by atoms with Gasteiger partial charge >= 0.3 is 0 Å². The van der Waals surface area contributed by atoms with Gasteiger partial charge in [0.1, 0.15) is 11.0 Å². The number of furan rings is 1. The van der Waals surface area contributed by atoms with Gasteiger partial charge in [-0.05, 0) is 117 Å². The van der Waals surface area contributed by atoms with E-state index in [1.807, 2.05) is 18.2 Å². The number of benzene rings is 6. The largest absolute Gasteiger partial charge is 0.456 e. The van der Waals surface area contributed by atoms with E-state index in [4.69, 9.17) is 14.4 Å². The van der Waals surface area contributed by atoms with Crippen LogP contribution in [0.1, 0.15) is 92.2 Å². The standard InChI is InChI=1S/C61H50N2O/c1-60(2)51-20-9-7-18-45(51)49-36-54-50(35-52(49)60)46-28-26-42(33-53(46)61(54)30-11-4-12-31-61)39-24-22-38(23-25-39)41-16-13-17-43(32-41)55-37-56(63-59(62-55)40-14-5-3-6-15-40)44-27-29-48-47-19-8-10-21-57(47)64-58(48)34-44/h3,5-10,13-26,28-29,32-37,44,49,52H,4,11-12,27,30-31H2,1-2H3. The van der Waals surface area contributed by atoms with Crippen LogP contribution >= 0.6 is 0 Å². The summed E-state index contributed by atoms with van der Waals surface area (Å²) in [5.74, 6) is 1.73. The average molecular weight is 827 g/mol. The highest BCUT2D eigenvalue weighted by atomic mass is 16.3. The summed E-state index contributed by atoms with van der Waals surface area (Å²) in [6.45, 7) is 4.92. The van der Waals surface area contributed by atoms with Gasteiger partial charge in [0.2, 0.25) is 0 Å². The van der Waals surface area contributed by atoms with Crippen LogP contribution in [0.5, 0.6) is 0 Å². The number of para-hydroxylation sites is 1. The fourth-order valence-electron chi connectivity index (χ4n) is 12.4. The third-order valence-corrected chi connectivity index (χ3v) is 15.7. The van der Waals surface area contributed by atoms with E-state index >= 15 is 0 Å². The zero-order valence-electron chi connectivity index (χ0n) is 36.5. The monoisotopic (exact) mass is 826 g/mol. The van der Waals surface area contributed by atoms with Crippen LogP contribution in [0, 0.1) is 5.92 Å². The van der Waals surface area contributed by atoms with Crippen molar-refractivity contribution < 1.29 is 4.42 Å². The molecule has 5 aliphatic carbocycles. The summed E-state index contributed by atoms with van der Waals surface area (Å²) in [5, 5.41) is 2.34. The Kier molecular flexibility index (Phi) is 8.45. The van der Waals surface area contributed by atoms with Gasteiger partial charge in [0.15, 0.2) is 5.82 Å². The quantitative estimate of drug-likeness (QED) is 0.173. The van der Waals surface area contributed by atoms with Crippen LogP contribution in [0.3, 0.4) is 0 Å². The summed E-state index contributed by atoms with van der Waals surface area (Å²) in [6, 6.07) is 55.5. The highest BCUT2D eigenvalue weighted by molar-refractivity contribution is 5.93. The minimum Gasteiger partial charge on any atom is -0.456 e. The number of aromatic nitrogens is 2. The van der Waals surface area contributed by atoms with Crippen molar-refractivity contribution in [3.63, 3.8) is 0 Å². The number of fused-ring (bicyclic) bond motifs is 11. The molecule has 0 bridgehead atoms. The van der Waals surface area contributed by atoms with Crippen molar-refractivity contribution in [2.75, 3.05) is 0 Å². The van der Waals surface area contributed by atoms with Crippen molar-refractivity contribution in [3.8, 4) is 44.9 Å². The maximum atomic E-state index is 6.33. The SMILES string of the molecule is CC1(C)c2ccccc2C2C=C3C(=CC21)c1ccc(-c2ccc(-c4cccc(-c5cc(C6C=c7oc8ccccc8c7=CC6)nc(-c6ccccc6)n5)c4)cc2)cc1C31CCCCC1. The Morgan fingerprint density at radius 1 is 0.578 bits per heavy atom.